The highest BCUT2D eigenvalue weighted by Gasteiger charge is 2.31. The molecule has 6 nitrogen and oxygen atoms in total. The van der Waals surface area contributed by atoms with E-state index in [0.717, 1.165) is 36.9 Å². The van der Waals surface area contributed by atoms with Crippen LogP contribution >= 0.6 is 0 Å². The minimum Gasteiger partial charge on any atom is -0.497 e. The molecule has 1 aliphatic carbocycles. The number of nitrogens with zero attached hydrogens (tertiary/aromatic N) is 5. The van der Waals surface area contributed by atoms with Gasteiger partial charge in [0.15, 0.2) is 0 Å². The third-order valence-corrected chi connectivity index (χ3v) is 5.45. The van der Waals surface area contributed by atoms with Crippen molar-refractivity contribution >= 4 is 0 Å². The zero-order chi connectivity index (χ0) is 16.5. The first-order valence-electron chi connectivity index (χ1n) is 8.92. The molecule has 1 fully saturated rings. The van der Waals surface area contributed by atoms with Gasteiger partial charge >= 0.3 is 0 Å². The Morgan fingerprint density at radius 1 is 1.17 bits per heavy atom. The van der Waals surface area contributed by atoms with Crippen molar-refractivity contribution in [2.45, 2.75) is 57.7 Å². The molecule has 0 spiro atoms. The molecular formula is C18H25N5O. The summed E-state index contributed by atoms with van der Waals surface area (Å²) in [7, 11) is 1.69. The van der Waals surface area contributed by atoms with Crippen LogP contribution in [0.2, 0.25) is 0 Å². The highest BCUT2D eigenvalue weighted by atomic mass is 16.5. The molecule has 2 aromatic heterocycles. The van der Waals surface area contributed by atoms with Gasteiger partial charge in [-0.1, -0.05) is 12.8 Å². The second kappa shape index (κ2) is 6.51. The van der Waals surface area contributed by atoms with E-state index in [-0.39, 0.29) is 6.04 Å². The summed E-state index contributed by atoms with van der Waals surface area (Å²) in [5, 5.41) is 9.08. The van der Waals surface area contributed by atoms with Crippen LogP contribution in [0.3, 0.4) is 0 Å². The average molecular weight is 327 g/mol. The minimum atomic E-state index is 0.259. The van der Waals surface area contributed by atoms with Crippen LogP contribution in [0.5, 0.6) is 5.75 Å². The van der Waals surface area contributed by atoms with E-state index >= 15 is 0 Å². The number of fused-ring (bicyclic) bond motifs is 1. The zero-order valence-electron chi connectivity index (χ0n) is 14.5. The fourth-order valence-electron chi connectivity index (χ4n) is 4.03. The van der Waals surface area contributed by atoms with Gasteiger partial charge in [-0.2, -0.15) is 0 Å². The fourth-order valence-corrected chi connectivity index (χ4v) is 4.03. The standard InChI is InChI=1S/C18H25N5O/c1-13-17-20-21-18(14-5-3-4-6-14)23(17)10-9-22(13)12-15-11-16(24-2)7-8-19-15/h7-8,11,13-14H,3-6,9-10,12H2,1-2H3. The van der Waals surface area contributed by atoms with Gasteiger partial charge in [-0.3, -0.25) is 9.88 Å². The van der Waals surface area contributed by atoms with Crippen LogP contribution in [-0.4, -0.2) is 38.3 Å². The third-order valence-electron chi connectivity index (χ3n) is 5.45. The van der Waals surface area contributed by atoms with Crippen molar-refractivity contribution in [1.82, 2.24) is 24.6 Å². The number of rotatable bonds is 4. The minimum absolute atomic E-state index is 0.259. The van der Waals surface area contributed by atoms with Crippen molar-refractivity contribution in [2.75, 3.05) is 13.7 Å². The molecule has 4 rings (SSSR count). The first kappa shape index (κ1) is 15.6. The summed E-state index contributed by atoms with van der Waals surface area (Å²) < 4.78 is 7.67. The van der Waals surface area contributed by atoms with Gasteiger partial charge in [0.1, 0.15) is 17.4 Å². The molecule has 0 aromatic carbocycles. The Morgan fingerprint density at radius 3 is 2.75 bits per heavy atom. The summed E-state index contributed by atoms with van der Waals surface area (Å²) in [5.74, 6) is 3.79. The Bertz CT molecular complexity index is 707. The summed E-state index contributed by atoms with van der Waals surface area (Å²) in [6, 6.07) is 4.15. The summed E-state index contributed by atoms with van der Waals surface area (Å²) in [6.45, 7) is 5.01. The van der Waals surface area contributed by atoms with E-state index in [2.05, 4.69) is 31.6 Å². The third kappa shape index (κ3) is 2.79. The summed E-state index contributed by atoms with van der Waals surface area (Å²) in [5.41, 5.74) is 1.03. The lowest BCUT2D eigenvalue weighted by Gasteiger charge is -2.33. The summed E-state index contributed by atoms with van der Waals surface area (Å²) in [4.78, 5) is 6.90. The van der Waals surface area contributed by atoms with Crippen LogP contribution < -0.4 is 4.74 Å². The van der Waals surface area contributed by atoms with Crippen molar-refractivity contribution in [3.63, 3.8) is 0 Å². The predicted octanol–water partition coefficient (Wildman–Crippen LogP) is 2.92. The first-order chi connectivity index (χ1) is 11.8. The number of aromatic nitrogens is 4. The molecule has 6 heteroatoms. The highest BCUT2D eigenvalue weighted by molar-refractivity contribution is 5.22. The molecule has 3 heterocycles. The molecule has 1 atom stereocenters. The molecule has 1 saturated carbocycles. The molecule has 128 valence electrons. The van der Waals surface area contributed by atoms with Crippen molar-refractivity contribution < 1.29 is 4.74 Å². The summed E-state index contributed by atoms with van der Waals surface area (Å²) >= 11 is 0. The Labute approximate surface area is 142 Å². The van der Waals surface area contributed by atoms with E-state index in [9.17, 15) is 0 Å². The van der Waals surface area contributed by atoms with Crippen LogP contribution in [0.15, 0.2) is 18.3 Å². The van der Waals surface area contributed by atoms with E-state index in [0.29, 0.717) is 5.92 Å². The van der Waals surface area contributed by atoms with E-state index in [1.807, 2.05) is 18.3 Å². The number of hydrogen-bond acceptors (Lipinski definition) is 5. The van der Waals surface area contributed by atoms with Crippen LogP contribution in [0.1, 0.15) is 61.9 Å². The van der Waals surface area contributed by atoms with Crippen LogP contribution in [0.25, 0.3) is 0 Å². The van der Waals surface area contributed by atoms with Crippen LogP contribution in [0, 0.1) is 0 Å². The van der Waals surface area contributed by atoms with Gasteiger partial charge in [0, 0.05) is 37.8 Å². The van der Waals surface area contributed by atoms with Crippen LogP contribution in [-0.2, 0) is 13.1 Å². The van der Waals surface area contributed by atoms with E-state index in [1.54, 1.807) is 7.11 Å². The highest BCUT2D eigenvalue weighted by Crippen LogP contribution is 2.35. The normalized spacial score (nSPS) is 21.8. The van der Waals surface area contributed by atoms with Crippen molar-refractivity contribution in [1.29, 1.82) is 0 Å². The molecule has 0 saturated heterocycles. The Balaban J connectivity index is 1.52. The molecule has 1 unspecified atom stereocenters. The van der Waals surface area contributed by atoms with Gasteiger partial charge in [-0.25, -0.2) is 0 Å². The molecule has 2 aliphatic rings. The lowest BCUT2D eigenvalue weighted by molar-refractivity contribution is 0.152. The summed E-state index contributed by atoms with van der Waals surface area (Å²) in [6.07, 6.45) is 7.00. The lowest BCUT2D eigenvalue weighted by atomic mass is 10.1. The largest absolute Gasteiger partial charge is 0.497 e. The lowest BCUT2D eigenvalue weighted by Crippen LogP contribution is -2.37. The molecule has 0 radical (unpaired) electrons. The van der Waals surface area contributed by atoms with Gasteiger partial charge in [-0.15, -0.1) is 10.2 Å². The monoisotopic (exact) mass is 327 g/mol. The fraction of sp³-hybridized carbons (Fsp3) is 0.611. The molecule has 0 N–H and O–H groups in total. The number of methoxy groups -OCH3 is 1. The van der Waals surface area contributed by atoms with Gasteiger partial charge in [0.2, 0.25) is 0 Å². The SMILES string of the molecule is COc1ccnc(CN2CCn3c(C4CCCC4)nnc3C2C)c1. The quantitative estimate of drug-likeness (QED) is 0.864. The number of hydrogen-bond donors (Lipinski definition) is 0. The van der Waals surface area contributed by atoms with Gasteiger partial charge in [0.25, 0.3) is 0 Å². The van der Waals surface area contributed by atoms with Crippen molar-refractivity contribution in [3.8, 4) is 5.75 Å². The maximum atomic E-state index is 5.30. The van der Waals surface area contributed by atoms with Gasteiger partial charge in [-0.05, 0) is 25.8 Å². The first-order valence-corrected chi connectivity index (χ1v) is 8.92. The van der Waals surface area contributed by atoms with Crippen LogP contribution in [0.4, 0.5) is 0 Å². The van der Waals surface area contributed by atoms with Crippen molar-refractivity contribution in [2.24, 2.45) is 0 Å². The maximum absolute atomic E-state index is 5.30. The molecular weight excluding hydrogens is 302 g/mol. The average Bonchev–Trinajstić information content (AvgIpc) is 3.27. The molecule has 1 aliphatic heterocycles. The van der Waals surface area contributed by atoms with E-state index in [4.69, 9.17) is 4.74 Å². The molecule has 2 aromatic rings. The number of ether oxygens (including phenoxy) is 1. The Hall–Kier alpha value is -1.95. The number of pyridine rings is 1. The topological polar surface area (TPSA) is 56.1 Å². The smallest absolute Gasteiger partial charge is 0.150 e. The second-order valence-corrected chi connectivity index (χ2v) is 6.88. The zero-order valence-corrected chi connectivity index (χ0v) is 14.5. The molecule has 0 amide bonds. The van der Waals surface area contributed by atoms with Gasteiger partial charge in [0.05, 0.1) is 18.8 Å². The Kier molecular flexibility index (Phi) is 4.22. The Morgan fingerprint density at radius 2 is 1.96 bits per heavy atom. The van der Waals surface area contributed by atoms with E-state index in [1.165, 1.54) is 31.5 Å². The molecule has 24 heavy (non-hydrogen) atoms. The van der Waals surface area contributed by atoms with Crippen molar-refractivity contribution in [3.05, 3.63) is 35.7 Å². The molecule has 0 bridgehead atoms. The van der Waals surface area contributed by atoms with Gasteiger partial charge < -0.3 is 9.30 Å². The predicted molar refractivity (Wildman–Crippen MR) is 90.8 cm³/mol. The van der Waals surface area contributed by atoms with E-state index < -0.39 is 0 Å². The maximum Gasteiger partial charge on any atom is 0.150 e. The second-order valence-electron chi connectivity index (χ2n) is 6.88.